The van der Waals surface area contributed by atoms with E-state index in [4.69, 9.17) is 14.0 Å². The summed E-state index contributed by atoms with van der Waals surface area (Å²) in [6.07, 6.45) is 1.66. The lowest BCUT2D eigenvalue weighted by molar-refractivity contribution is -0.140. The highest BCUT2D eigenvalue weighted by Crippen LogP contribution is 2.30. The van der Waals surface area contributed by atoms with Gasteiger partial charge in [0.15, 0.2) is 5.76 Å². The van der Waals surface area contributed by atoms with Gasteiger partial charge in [0.05, 0.1) is 11.9 Å². The molecule has 0 aliphatic rings. The predicted octanol–water partition coefficient (Wildman–Crippen LogP) is 4.79. The summed E-state index contributed by atoms with van der Waals surface area (Å²) >= 11 is 0. The van der Waals surface area contributed by atoms with Gasteiger partial charge in [-0.05, 0) is 47.0 Å². The van der Waals surface area contributed by atoms with Crippen molar-refractivity contribution in [2.75, 3.05) is 13.2 Å². The number of hydrogen-bond acceptors (Lipinski definition) is 8. The van der Waals surface area contributed by atoms with Crippen molar-refractivity contribution in [3.05, 3.63) is 72.6 Å². The fourth-order valence-corrected chi connectivity index (χ4v) is 3.62. The average Bonchev–Trinajstić information content (AvgIpc) is 3.30. The van der Waals surface area contributed by atoms with E-state index in [2.05, 4.69) is 15.4 Å². The van der Waals surface area contributed by atoms with Crippen LogP contribution in [0.15, 0.2) is 71.4 Å². The number of phenols is 1. The molecule has 2 N–H and O–H groups in total. The molecule has 1 unspecified atom stereocenters. The Kier molecular flexibility index (Phi) is 7.25. The van der Waals surface area contributed by atoms with E-state index in [1.807, 2.05) is 36.4 Å². The van der Waals surface area contributed by atoms with E-state index in [0.717, 1.165) is 11.1 Å². The number of carboxylic acids is 1. The minimum atomic E-state index is -0.966. The van der Waals surface area contributed by atoms with E-state index in [0.29, 0.717) is 17.0 Å². The molecule has 0 aliphatic heterocycles. The standard InChI is InChI=1S/C26H25N3O6/c1-16(2)25(26(31)32)23-14-24(29-35-23)34-12-11-33-19-9-7-17(8-10-19)18-13-21(28-27-15-18)20-5-3-4-6-22(20)30/h3-10,13-16,25,30H,11-12H2,1-2H3,(H,31,32). The molecule has 2 aromatic heterocycles. The summed E-state index contributed by atoms with van der Waals surface area (Å²) in [4.78, 5) is 11.4. The summed E-state index contributed by atoms with van der Waals surface area (Å²) in [5, 5.41) is 31.4. The fourth-order valence-electron chi connectivity index (χ4n) is 3.62. The Morgan fingerprint density at radius 2 is 1.74 bits per heavy atom. The zero-order chi connectivity index (χ0) is 24.8. The van der Waals surface area contributed by atoms with Crippen molar-refractivity contribution in [1.82, 2.24) is 15.4 Å². The Morgan fingerprint density at radius 1 is 1.00 bits per heavy atom. The number of ether oxygens (including phenoxy) is 2. The van der Waals surface area contributed by atoms with Crippen LogP contribution in [-0.4, -0.2) is 44.8 Å². The average molecular weight is 476 g/mol. The third-order valence-corrected chi connectivity index (χ3v) is 5.37. The number of aromatic nitrogens is 3. The first-order chi connectivity index (χ1) is 16.9. The van der Waals surface area contributed by atoms with Gasteiger partial charge in [-0.3, -0.25) is 4.79 Å². The van der Waals surface area contributed by atoms with E-state index in [1.165, 1.54) is 6.07 Å². The van der Waals surface area contributed by atoms with E-state index < -0.39 is 11.9 Å². The molecule has 0 radical (unpaired) electrons. The molecule has 180 valence electrons. The van der Waals surface area contributed by atoms with E-state index in [-0.39, 0.29) is 36.5 Å². The number of aliphatic carboxylic acids is 1. The van der Waals surface area contributed by atoms with Gasteiger partial charge in [0.25, 0.3) is 5.88 Å². The van der Waals surface area contributed by atoms with Gasteiger partial charge in [0.2, 0.25) is 0 Å². The van der Waals surface area contributed by atoms with Crippen molar-refractivity contribution in [3.63, 3.8) is 0 Å². The fraction of sp³-hybridized carbons (Fsp3) is 0.231. The van der Waals surface area contributed by atoms with Crippen LogP contribution in [-0.2, 0) is 4.79 Å². The number of hydrogen-bond donors (Lipinski definition) is 2. The van der Waals surface area contributed by atoms with Crippen molar-refractivity contribution < 1.29 is 29.0 Å². The predicted molar refractivity (Wildman–Crippen MR) is 127 cm³/mol. The lowest BCUT2D eigenvalue weighted by atomic mass is 9.94. The molecule has 0 saturated carbocycles. The van der Waals surface area contributed by atoms with Gasteiger partial charge in [0.1, 0.15) is 30.6 Å². The van der Waals surface area contributed by atoms with Crippen LogP contribution in [0.5, 0.6) is 17.4 Å². The molecule has 0 bridgehead atoms. The Labute approximate surface area is 202 Å². The van der Waals surface area contributed by atoms with Crippen molar-refractivity contribution in [3.8, 4) is 39.8 Å². The number of benzene rings is 2. The molecule has 9 heteroatoms. The first-order valence-corrected chi connectivity index (χ1v) is 11.1. The highest BCUT2D eigenvalue weighted by molar-refractivity contribution is 5.75. The van der Waals surface area contributed by atoms with Crippen LogP contribution in [0, 0.1) is 5.92 Å². The normalized spacial score (nSPS) is 11.9. The van der Waals surface area contributed by atoms with Gasteiger partial charge in [-0.15, -0.1) is 0 Å². The molecule has 4 aromatic rings. The third kappa shape index (κ3) is 5.75. The first kappa shape index (κ1) is 23.7. The van der Waals surface area contributed by atoms with Crippen LogP contribution in [0.4, 0.5) is 0 Å². The third-order valence-electron chi connectivity index (χ3n) is 5.37. The van der Waals surface area contributed by atoms with E-state index >= 15 is 0 Å². The number of rotatable bonds is 10. The van der Waals surface area contributed by atoms with Crippen molar-refractivity contribution >= 4 is 5.97 Å². The van der Waals surface area contributed by atoms with Crippen LogP contribution < -0.4 is 9.47 Å². The topological polar surface area (TPSA) is 128 Å². The zero-order valence-electron chi connectivity index (χ0n) is 19.3. The maximum Gasteiger partial charge on any atom is 0.314 e. The van der Waals surface area contributed by atoms with Gasteiger partial charge < -0.3 is 24.2 Å². The maximum absolute atomic E-state index is 11.4. The lowest BCUT2D eigenvalue weighted by Gasteiger charge is -2.11. The Morgan fingerprint density at radius 3 is 2.46 bits per heavy atom. The number of phenolic OH excluding ortho intramolecular Hbond substituents is 1. The molecule has 0 amide bonds. The van der Waals surface area contributed by atoms with Crippen LogP contribution >= 0.6 is 0 Å². The Balaban J connectivity index is 1.32. The number of carboxylic acid groups (broad SMARTS) is 1. The van der Waals surface area contributed by atoms with Gasteiger partial charge in [-0.2, -0.15) is 10.2 Å². The van der Waals surface area contributed by atoms with Crippen LogP contribution in [0.1, 0.15) is 25.5 Å². The van der Waals surface area contributed by atoms with Crippen LogP contribution in [0.3, 0.4) is 0 Å². The zero-order valence-corrected chi connectivity index (χ0v) is 19.3. The van der Waals surface area contributed by atoms with Gasteiger partial charge in [-0.1, -0.05) is 38.1 Å². The largest absolute Gasteiger partial charge is 0.507 e. The molecular formula is C26H25N3O6. The Hall–Kier alpha value is -4.40. The quantitative estimate of drug-likeness (QED) is 0.311. The van der Waals surface area contributed by atoms with E-state index in [9.17, 15) is 15.0 Å². The van der Waals surface area contributed by atoms with Gasteiger partial charge in [0, 0.05) is 17.2 Å². The second-order valence-corrected chi connectivity index (χ2v) is 8.20. The molecule has 2 heterocycles. The van der Waals surface area contributed by atoms with E-state index in [1.54, 1.807) is 38.2 Å². The molecule has 0 fully saturated rings. The van der Waals surface area contributed by atoms with Crippen LogP contribution in [0.25, 0.3) is 22.4 Å². The second-order valence-electron chi connectivity index (χ2n) is 8.20. The summed E-state index contributed by atoms with van der Waals surface area (Å²) in [7, 11) is 0. The van der Waals surface area contributed by atoms with Crippen LogP contribution in [0.2, 0.25) is 0 Å². The SMILES string of the molecule is CC(C)C(C(=O)O)c1cc(OCCOc2ccc(-c3cnnc(-c4ccccc4O)c3)cc2)no1. The number of aromatic hydroxyl groups is 1. The minimum Gasteiger partial charge on any atom is -0.507 e. The monoisotopic (exact) mass is 475 g/mol. The molecule has 4 rings (SSSR count). The molecule has 35 heavy (non-hydrogen) atoms. The molecule has 9 nitrogen and oxygen atoms in total. The molecule has 0 aliphatic carbocycles. The highest BCUT2D eigenvalue weighted by atomic mass is 16.6. The number of carbonyl (C=O) groups is 1. The summed E-state index contributed by atoms with van der Waals surface area (Å²) < 4.78 is 16.4. The Bertz CT molecular complexity index is 1290. The summed E-state index contributed by atoms with van der Waals surface area (Å²) in [5.41, 5.74) is 2.98. The lowest BCUT2D eigenvalue weighted by Crippen LogP contribution is -2.16. The number of nitrogens with zero attached hydrogens (tertiary/aromatic N) is 3. The smallest absolute Gasteiger partial charge is 0.314 e. The molecule has 1 atom stereocenters. The highest BCUT2D eigenvalue weighted by Gasteiger charge is 2.28. The number of para-hydroxylation sites is 1. The summed E-state index contributed by atoms with van der Waals surface area (Å²) in [6, 6.07) is 17.8. The second kappa shape index (κ2) is 10.7. The summed E-state index contributed by atoms with van der Waals surface area (Å²) in [5.74, 6) is -0.599. The van der Waals surface area contributed by atoms with Crippen molar-refractivity contribution in [2.45, 2.75) is 19.8 Å². The van der Waals surface area contributed by atoms with Crippen molar-refractivity contribution in [2.24, 2.45) is 5.92 Å². The molecular weight excluding hydrogens is 450 g/mol. The molecule has 0 spiro atoms. The maximum atomic E-state index is 11.4. The summed E-state index contributed by atoms with van der Waals surface area (Å²) in [6.45, 7) is 4.09. The van der Waals surface area contributed by atoms with Crippen molar-refractivity contribution in [1.29, 1.82) is 0 Å². The first-order valence-electron chi connectivity index (χ1n) is 11.1. The minimum absolute atomic E-state index is 0.139. The van der Waals surface area contributed by atoms with Gasteiger partial charge >= 0.3 is 5.97 Å². The molecule has 0 saturated heterocycles. The molecule has 2 aromatic carbocycles. The van der Waals surface area contributed by atoms with Gasteiger partial charge in [-0.25, -0.2) is 0 Å².